The first kappa shape index (κ1) is 10.6. The van der Waals surface area contributed by atoms with Crippen molar-refractivity contribution in [1.82, 2.24) is 0 Å². The molecule has 2 aliphatic rings. The minimum Gasteiger partial charge on any atom is -0.456 e. The number of halogens is 3. The number of hydrogen-bond donors (Lipinski definition) is 0. The Morgan fingerprint density at radius 2 is 2.21 bits per heavy atom. The van der Waals surface area contributed by atoms with Crippen LogP contribution in [0.5, 0.6) is 0 Å². The quantitative estimate of drug-likeness (QED) is 0.409. The van der Waals surface area contributed by atoms with Gasteiger partial charge in [0.05, 0.1) is 10.3 Å². The molecule has 0 N–H and O–H groups in total. The fourth-order valence-electron chi connectivity index (χ4n) is 1.89. The molecule has 14 heavy (non-hydrogen) atoms. The summed E-state index contributed by atoms with van der Waals surface area (Å²) in [6, 6.07) is 0. The van der Waals surface area contributed by atoms with E-state index in [-0.39, 0.29) is 11.3 Å². The van der Waals surface area contributed by atoms with E-state index >= 15 is 0 Å². The van der Waals surface area contributed by atoms with Gasteiger partial charge in [-0.25, -0.2) is 0 Å². The van der Waals surface area contributed by atoms with Gasteiger partial charge in [-0.1, -0.05) is 6.08 Å². The number of carbonyl (C=O) groups is 1. The SMILES string of the molecule is CC(=O)O[C@@H]1C=CC[C@@]2(Cl)[C@@H](Cl)[C@@]12Cl. The highest BCUT2D eigenvalue weighted by Crippen LogP contribution is 2.67. The summed E-state index contributed by atoms with van der Waals surface area (Å²) in [4.78, 5) is 9.33. The van der Waals surface area contributed by atoms with E-state index in [0.717, 1.165) is 0 Å². The van der Waals surface area contributed by atoms with Gasteiger partial charge in [-0.2, -0.15) is 0 Å². The molecule has 0 aromatic heterocycles. The highest BCUT2D eigenvalue weighted by molar-refractivity contribution is 6.50. The second-order valence-electron chi connectivity index (χ2n) is 3.66. The topological polar surface area (TPSA) is 26.3 Å². The fraction of sp³-hybridized carbons (Fsp3) is 0.667. The Labute approximate surface area is 97.1 Å². The zero-order chi connectivity index (χ0) is 10.6. The number of ether oxygens (including phenoxy) is 1. The number of fused-ring (bicyclic) bond motifs is 1. The maximum atomic E-state index is 10.8. The predicted molar refractivity (Wildman–Crippen MR) is 56.1 cm³/mol. The second-order valence-corrected chi connectivity index (χ2v) is 5.39. The Morgan fingerprint density at radius 3 is 2.79 bits per heavy atom. The summed E-state index contributed by atoms with van der Waals surface area (Å²) >= 11 is 18.5. The first-order valence-corrected chi connectivity index (χ1v) is 5.48. The van der Waals surface area contributed by atoms with E-state index in [1.165, 1.54) is 6.92 Å². The maximum Gasteiger partial charge on any atom is 0.303 e. The third kappa shape index (κ3) is 1.14. The summed E-state index contributed by atoms with van der Waals surface area (Å²) in [5.74, 6) is -0.378. The number of allylic oxidation sites excluding steroid dienone is 1. The van der Waals surface area contributed by atoms with Crippen LogP contribution in [-0.4, -0.2) is 27.2 Å². The zero-order valence-electron chi connectivity index (χ0n) is 7.47. The normalized spacial score (nSPS) is 49.7. The standard InChI is InChI=1S/C9H9Cl3O2/c1-5(13)14-6-3-2-4-8(11)7(10)9(6,8)12/h2-3,6-7H,4H2,1H3/t6-,7-,8-,9+/m1/s1. The molecule has 5 heteroatoms. The van der Waals surface area contributed by atoms with Gasteiger partial charge in [0.15, 0.2) is 0 Å². The zero-order valence-corrected chi connectivity index (χ0v) is 9.73. The second kappa shape index (κ2) is 3.03. The minimum absolute atomic E-state index is 0.363. The van der Waals surface area contributed by atoms with Gasteiger partial charge in [-0.3, -0.25) is 4.79 Å². The summed E-state index contributed by atoms with van der Waals surface area (Å²) in [5, 5.41) is -0.363. The van der Waals surface area contributed by atoms with Crippen LogP contribution in [-0.2, 0) is 9.53 Å². The maximum absolute atomic E-state index is 10.8. The molecule has 0 radical (unpaired) electrons. The van der Waals surface area contributed by atoms with Crippen molar-refractivity contribution in [3.63, 3.8) is 0 Å². The molecule has 0 aliphatic heterocycles. The molecule has 78 valence electrons. The lowest BCUT2D eigenvalue weighted by molar-refractivity contribution is -0.144. The van der Waals surface area contributed by atoms with E-state index < -0.39 is 15.9 Å². The van der Waals surface area contributed by atoms with Crippen molar-refractivity contribution in [1.29, 1.82) is 0 Å². The third-order valence-corrected chi connectivity index (χ3v) is 5.25. The summed E-state index contributed by atoms with van der Waals surface area (Å²) < 4.78 is 5.06. The van der Waals surface area contributed by atoms with Crippen LogP contribution >= 0.6 is 34.8 Å². The number of esters is 1. The van der Waals surface area contributed by atoms with Gasteiger partial charge in [0.1, 0.15) is 11.0 Å². The van der Waals surface area contributed by atoms with E-state index in [9.17, 15) is 4.79 Å². The summed E-state index contributed by atoms with van der Waals surface area (Å²) in [7, 11) is 0. The van der Waals surface area contributed by atoms with Crippen molar-refractivity contribution >= 4 is 40.8 Å². The van der Waals surface area contributed by atoms with Gasteiger partial charge in [0.25, 0.3) is 0 Å². The summed E-state index contributed by atoms with van der Waals surface area (Å²) in [6.45, 7) is 1.34. The molecule has 0 saturated heterocycles. The average molecular weight is 256 g/mol. The summed E-state index contributed by atoms with van der Waals surface area (Å²) in [5.41, 5.74) is 0. The Bertz CT molecular complexity index is 317. The van der Waals surface area contributed by atoms with Gasteiger partial charge in [-0.05, 0) is 12.5 Å². The van der Waals surface area contributed by atoms with Crippen molar-refractivity contribution in [3.8, 4) is 0 Å². The lowest BCUT2D eigenvalue weighted by Crippen LogP contribution is -2.35. The highest BCUT2D eigenvalue weighted by atomic mass is 35.5. The molecule has 0 unspecified atom stereocenters. The van der Waals surface area contributed by atoms with Crippen molar-refractivity contribution in [3.05, 3.63) is 12.2 Å². The van der Waals surface area contributed by atoms with Crippen LogP contribution in [0.1, 0.15) is 13.3 Å². The largest absolute Gasteiger partial charge is 0.456 e. The minimum atomic E-state index is -0.837. The van der Waals surface area contributed by atoms with Crippen LogP contribution in [0.15, 0.2) is 12.2 Å². The van der Waals surface area contributed by atoms with Crippen LogP contribution in [0.3, 0.4) is 0 Å². The molecular formula is C9H9Cl3O2. The number of alkyl halides is 3. The summed E-state index contributed by atoms with van der Waals surface area (Å²) in [6.07, 6.45) is 3.70. The van der Waals surface area contributed by atoms with E-state index in [0.29, 0.717) is 6.42 Å². The lowest BCUT2D eigenvalue weighted by atomic mass is 10.0. The monoisotopic (exact) mass is 254 g/mol. The molecule has 0 amide bonds. The Hall–Kier alpha value is 0.0800. The van der Waals surface area contributed by atoms with Gasteiger partial charge in [0, 0.05) is 6.92 Å². The van der Waals surface area contributed by atoms with Crippen molar-refractivity contribution in [2.75, 3.05) is 0 Å². The Kier molecular flexibility index (Phi) is 2.30. The van der Waals surface area contributed by atoms with E-state index in [4.69, 9.17) is 39.5 Å². The number of hydrogen-bond acceptors (Lipinski definition) is 2. The molecule has 0 bridgehead atoms. The lowest BCUT2D eigenvalue weighted by Gasteiger charge is -2.24. The van der Waals surface area contributed by atoms with E-state index in [1.807, 2.05) is 6.08 Å². The van der Waals surface area contributed by atoms with E-state index in [1.54, 1.807) is 6.08 Å². The molecule has 0 spiro atoms. The molecule has 4 atom stereocenters. The molecule has 0 aromatic rings. The molecule has 1 saturated carbocycles. The van der Waals surface area contributed by atoms with Crippen LogP contribution in [0, 0.1) is 0 Å². The molecule has 2 aliphatic carbocycles. The molecule has 0 heterocycles. The molecule has 1 fully saturated rings. The average Bonchev–Trinajstić information content (AvgIpc) is 2.53. The number of rotatable bonds is 1. The van der Waals surface area contributed by atoms with Crippen molar-refractivity contribution < 1.29 is 9.53 Å². The molecule has 2 rings (SSSR count). The smallest absolute Gasteiger partial charge is 0.303 e. The molecular weight excluding hydrogens is 246 g/mol. The van der Waals surface area contributed by atoms with Gasteiger partial charge in [0.2, 0.25) is 0 Å². The predicted octanol–water partition coefficient (Wildman–Crippen LogP) is 2.45. The Balaban J connectivity index is 2.23. The third-order valence-electron chi connectivity index (χ3n) is 2.76. The van der Waals surface area contributed by atoms with Crippen molar-refractivity contribution in [2.45, 2.75) is 34.6 Å². The Morgan fingerprint density at radius 1 is 1.57 bits per heavy atom. The van der Waals surface area contributed by atoms with E-state index in [2.05, 4.69) is 0 Å². The fourth-order valence-corrected chi connectivity index (χ4v) is 3.44. The highest BCUT2D eigenvalue weighted by Gasteiger charge is 2.79. The van der Waals surface area contributed by atoms with Crippen LogP contribution < -0.4 is 0 Å². The molecule has 0 aromatic carbocycles. The first-order chi connectivity index (χ1) is 6.43. The van der Waals surface area contributed by atoms with Crippen molar-refractivity contribution in [2.24, 2.45) is 0 Å². The van der Waals surface area contributed by atoms with Gasteiger partial charge < -0.3 is 4.74 Å². The van der Waals surface area contributed by atoms with Gasteiger partial charge >= 0.3 is 5.97 Å². The molecule has 2 nitrogen and oxygen atoms in total. The van der Waals surface area contributed by atoms with Crippen LogP contribution in [0.2, 0.25) is 0 Å². The van der Waals surface area contributed by atoms with Crippen LogP contribution in [0.25, 0.3) is 0 Å². The first-order valence-electron chi connectivity index (χ1n) is 4.28. The van der Waals surface area contributed by atoms with Crippen LogP contribution in [0.4, 0.5) is 0 Å². The number of carbonyl (C=O) groups excluding carboxylic acids is 1. The van der Waals surface area contributed by atoms with Gasteiger partial charge in [-0.15, -0.1) is 34.8 Å².